The molecule has 0 bridgehead atoms. The van der Waals surface area contributed by atoms with Gasteiger partial charge in [-0.15, -0.1) is 11.3 Å². The van der Waals surface area contributed by atoms with Crippen LogP contribution in [0, 0.1) is 0 Å². The lowest BCUT2D eigenvalue weighted by Crippen LogP contribution is -2.22. The van der Waals surface area contributed by atoms with Crippen LogP contribution in [0.2, 0.25) is 0 Å². The van der Waals surface area contributed by atoms with Crippen molar-refractivity contribution in [2.75, 3.05) is 0 Å². The number of amides is 1. The van der Waals surface area contributed by atoms with Crippen LogP contribution in [0.1, 0.15) is 32.4 Å². The Morgan fingerprint density at radius 1 is 1.35 bits per heavy atom. The molecule has 7 heteroatoms. The Hall–Kier alpha value is -2.54. The molecular formula is C16H15N5OS. The molecule has 4 rings (SSSR count). The lowest BCUT2D eigenvalue weighted by atomic mass is 10.2. The fourth-order valence-electron chi connectivity index (χ4n) is 2.68. The van der Waals surface area contributed by atoms with Gasteiger partial charge in [-0.3, -0.25) is 14.9 Å². The van der Waals surface area contributed by atoms with Crippen molar-refractivity contribution in [2.24, 2.45) is 0 Å². The fourth-order valence-corrected chi connectivity index (χ4v) is 3.85. The molecule has 0 aromatic carbocycles. The highest BCUT2D eigenvalue weighted by Crippen LogP contribution is 2.30. The van der Waals surface area contributed by atoms with Crippen LogP contribution in [0.4, 0.5) is 0 Å². The molecule has 1 amide bonds. The van der Waals surface area contributed by atoms with Crippen LogP contribution in [-0.4, -0.2) is 26.1 Å². The van der Waals surface area contributed by atoms with Crippen molar-refractivity contribution in [2.45, 2.75) is 25.8 Å². The van der Waals surface area contributed by atoms with E-state index < -0.39 is 0 Å². The summed E-state index contributed by atoms with van der Waals surface area (Å²) in [6, 6.07) is 7.59. The van der Waals surface area contributed by atoms with Crippen LogP contribution in [-0.2, 0) is 19.4 Å². The average molecular weight is 325 g/mol. The Bertz CT molecular complexity index is 818. The third-order valence-corrected chi connectivity index (χ3v) is 5.05. The summed E-state index contributed by atoms with van der Waals surface area (Å²) in [6.07, 6.45) is 5.10. The summed E-state index contributed by atoms with van der Waals surface area (Å²) in [6.45, 7) is 0.321. The molecule has 0 unspecified atom stereocenters. The molecule has 0 fully saturated rings. The van der Waals surface area contributed by atoms with Crippen LogP contribution < -0.4 is 5.32 Å². The van der Waals surface area contributed by atoms with E-state index >= 15 is 0 Å². The van der Waals surface area contributed by atoms with Gasteiger partial charge in [0, 0.05) is 11.1 Å². The van der Waals surface area contributed by atoms with E-state index in [-0.39, 0.29) is 5.91 Å². The molecule has 3 aromatic rings. The fraction of sp³-hybridized carbons (Fsp3) is 0.250. The molecule has 6 nitrogen and oxygen atoms in total. The SMILES string of the molecule is O=C(NCc1nc(-c2ccccn2)n[nH]1)c1cc2c(s1)CCC2. The molecule has 3 heterocycles. The first-order valence-electron chi connectivity index (χ1n) is 7.52. The Morgan fingerprint density at radius 3 is 3.13 bits per heavy atom. The lowest BCUT2D eigenvalue weighted by molar-refractivity contribution is 0.0954. The highest BCUT2D eigenvalue weighted by atomic mass is 32.1. The molecule has 0 radical (unpaired) electrons. The molecule has 116 valence electrons. The van der Waals surface area contributed by atoms with Gasteiger partial charge in [-0.2, -0.15) is 5.10 Å². The quantitative estimate of drug-likeness (QED) is 0.771. The van der Waals surface area contributed by atoms with E-state index in [1.54, 1.807) is 17.5 Å². The summed E-state index contributed by atoms with van der Waals surface area (Å²) in [5, 5.41) is 9.85. The second kappa shape index (κ2) is 5.92. The Kier molecular flexibility index (Phi) is 3.63. The molecule has 0 saturated carbocycles. The maximum absolute atomic E-state index is 12.2. The van der Waals surface area contributed by atoms with Crippen LogP contribution >= 0.6 is 11.3 Å². The van der Waals surface area contributed by atoms with Gasteiger partial charge >= 0.3 is 0 Å². The smallest absolute Gasteiger partial charge is 0.261 e. The standard InChI is InChI=1S/C16H15N5OS/c22-16(13-8-10-4-3-6-12(10)23-13)18-9-14-19-15(21-20-14)11-5-1-2-7-17-11/h1-2,5,7-8H,3-4,6,9H2,(H,18,22)(H,19,20,21). The summed E-state index contributed by atoms with van der Waals surface area (Å²) >= 11 is 1.60. The summed E-state index contributed by atoms with van der Waals surface area (Å²) < 4.78 is 0. The molecular weight excluding hydrogens is 310 g/mol. The number of thiophene rings is 1. The Balaban J connectivity index is 1.41. The predicted molar refractivity (Wildman–Crippen MR) is 87.1 cm³/mol. The highest BCUT2D eigenvalue weighted by Gasteiger charge is 2.18. The van der Waals surface area contributed by atoms with Crippen LogP contribution in [0.5, 0.6) is 0 Å². The van der Waals surface area contributed by atoms with Gasteiger partial charge in [0.15, 0.2) is 5.82 Å². The van der Waals surface area contributed by atoms with Crippen molar-refractivity contribution >= 4 is 17.2 Å². The van der Waals surface area contributed by atoms with Crippen molar-refractivity contribution in [3.05, 3.63) is 51.6 Å². The van der Waals surface area contributed by atoms with E-state index in [1.807, 2.05) is 24.3 Å². The van der Waals surface area contributed by atoms with Gasteiger partial charge in [-0.05, 0) is 43.0 Å². The molecule has 23 heavy (non-hydrogen) atoms. The van der Waals surface area contributed by atoms with E-state index in [1.165, 1.54) is 16.9 Å². The normalized spacial score (nSPS) is 13.0. The molecule has 0 saturated heterocycles. The topological polar surface area (TPSA) is 83.6 Å². The number of nitrogens with one attached hydrogen (secondary N) is 2. The van der Waals surface area contributed by atoms with E-state index in [0.717, 1.165) is 17.7 Å². The van der Waals surface area contributed by atoms with Crippen LogP contribution in [0.3, 0.4) is 0 Å². The summed E-state index contributed by atoms with van der Waals surface area (Å²) in [5.41, 5.74) is 2.04. The van der Waals surface area contributed by atoms with Crippen molar-refractivity contribution < 1.29 is 4.79 Å². The number of rotatable bonds is 4. The molecule has 2 N–H and O–H groups in total. The Labute approximate surface area is 137 Å². The number of hydrogen-bond acceptors (Lipinski definition) is 5. The van der Waals surface area contributed by atoms with Crippen LogP contribution in [0.25, 0.3) is 11.5 Å². The Morgan fingerprint density at radius 2 is 2.30 bits per heavy atom. The molecule has 0 spiro atoms. The second-order valence-corrected chi connectivity index (χ2v) is 6.55. The minimum Gasteiger partial charge on any atom is -0.344 e. The van der Waals surface area contributed by atoms with Crippen molar-refractivity contribution in [1.29, 1.82) is 0 Å². The number of nitrogens with zero attached hydrogens (tertiary/aromatic N) is 3. The zero-order valence-electron chi connectivity index (χ0n) is 12.4. The number of carbonyl (C=O) groups is 1. The lowest BCUT2D eigenvalue weighted by Gasteiger charge is -2.00. The number of carbonyl (C=O) groups excluding carboxylic acids is 1. The van der Waals surface area contributed by atoms with Crippen molar-refractivity contribution in [3.8, 4) is 11.5 Å². The van der Waals surface area contributed by atoms with Crippen LogP contribution in [0.15, 0.2) is 30.5 Å². The summed E-state index contributed by atoms with van der Waals surface area (Å²) in [4.78, 5) is 22.9. The maximum Gasteiger partial charge on any atom is 0.261 e. The number of aryl methyl sites for hydroxylation is 2. The third-order valence-electron chi connectivity index (χ3n) is 3.81. The predicted octanol–water partition coefficient (Wildman–Crippen LogP) is 2.35. The maximum atomic E-state index is 12.2. The van der Waals surface area contributed by atoms with Crippen molar-refractivity contribution in [1.82, 2.24) is 25.5 Å². The zero-order chi connectivity index (χ0) is 15.6. The average Bonchev–Trinajstić information content (AvgIpc) is 3.29. The number of fused-ring (bicyclic) bond motifs is 1. The van der Waals surface area contributed by atoms with Gasteiger partial charge in [0.25, 0.3) is 5.91 Å². The number of pyridine rings is 1. The van der Waals surface area contributed by atoms with E-state index in [4.69, 9.17) is 0 Å². The van der Waals surface area contributed by atoms with Gasteiger partial charge in [-0.25, -0.2) is 4.98 Å². The van der Waals surface area contributed by atoms with E-state index in [0.29, 0.717) is 23.9 Å². The van der Waals surface area contributed by atoms with Crippen molar-refractivity contribution in [3.63, 3.8) is 0 Å². The van der Waals surface area contributed by atoms with E-state index in [2.05, 4.69) is 25.5 Å². The number of aromatic nitrogens is 4. The summed E-state index contributed by atoms with van der Waals surface area (Å²) in [7, 11) is 0. The first-order valence-corrected chi connectivity index (χ1v) is 8.34. The summed E-state index contributed by atoms with van der Waals surface area (Å²) in [5.74, 6) is 1.09. The molecule has 1 aliphatic rings. The van der Waals surface area contributed by atoms with Gasteiger partial charge < -0.3 is 5.32 Å². The second-order valence-electron chi connectivity index (χ2n) is 5.42. The van der Waals surface area contributed by atoms with Gasteiger partial charge in [0.2, 0.25) is 0 Å². The first kappa shape index (κ1) is 14.1. The molecule has 1 aliphatic carbocycles. The largest absolute Gasteiger partial charge is 0.344 e. The molecule has 3 aromatic heterocycles. The molecule has 0 aliphatic heterocycles. The van der Waals surface area contributed by atoms with E-state index in [9.17, 15) is 4.79 Å². The zero-order valence-corrected chi connectivity index (χ0v) is 13.2. The molecule has 0 atom stereocenters. The number of aromatic amines is 1. The minimum atomic E-state index is -0.0554. The monoisotopic (exact) mass is 325 g/mol. The highest BCUT2D eigenvalue weighted by molar-refractivity contribution is 7.14. The minimum absolute atomic E-state index is 0.0554. The van der Waals surface area contributed by atoms with Gasteiger partial charge in [0.05, 0.1) is 11.4 Å². The first-order chi connectivity index (χ1) is 11.3. The number of H-pyrrole nitrogens is 1. The number of hydrogen-bond donors (Lipinski definition) is 2. The third kappa shape index (κ3) is 2.87. The van der Waals surface area contributed by atoms with Gasteiger partial charge in [-0.1, -0.05) is 6.07 Å². The van der Waals surface area contributed by atoms with Gasteiger partial charge in [0.1, 0.15) is 11.5 Å².